The average Bonchev–Trinajstić information content (AvgIpc) is 3.33. The van der Waals surface area contributed by atoms with Crippen molar-refractivity contribution in [2.75, 3.05) is 33.3 Å². The van der Waals surface area contributed by atoms with Crippen molar-refractivity contribution in [1.82, 2.24) is 10.2 Å². The van der Waals surface area contributed by atoms with Gasteiger partial charge in [0.15, 0.2) is 5.96 Å². The number of esters is 1. The predicted octanol–water partition coefficient (Wildman–Crippen LogP) is 3.18. The van der Waals surface area contributed by atoms with Crippen LogP contribution in [-0.4, -0.2) is 50.1 Å². The summed E-state index contributed by atoms with van der Waals surface area (Å²) in [7, 11) is 1.43. The number of methoxy groups -OCH3 is 1. The largest absolute Gasteiger partial charge is 0.469 e. The van der Waals surface area contributed by atoms with Crippen molar-refractivity contribution in [3.05, 3.63) is 35.6 Å². The Morgan fingerprint density at radius 1 is 1.37 bits per heavy atom. The zero-order valence-electron chi connectivity index (χ0n) is 16.2. The third-order valence-electron chi connectivity index (χ3n) is 5.58. The molecule has 5 nitrogen and oxygen atoms in total. The summed E-state index contributed by atoms with van der Waals surface area (Å²) in [5.41, 5.74) is 0.584. The van der Waals surface area contributed by atoms with Gasteiger partial charge in [-0.15, -0.1) is 24.0 Å². The number of hydrogen-bond donors (Lipinski definition) is 1. The number of hydrogen-bond acceptors (Lipinski definition) is 3. The van der Waals surface area contributed by atoms with Crippen LogP contribution in [0, 0.1) is 17.7 Å². The highest BCUT2D eigenvalue weighted by Crippen LogP contribution is 2.49. The second-order valence-electron chi connectivity index (χ2n) is 7.44. The molecule has 2 atom stereocenters. The average molecular weight is 489 g/mol. The van der Waals surface area contributed by atoms with Crippen molar-refractivity contribution in [2.24, 2.45) is 16.8 Å². The third kappa shape index (κ3) is 4.73. The van der Waals surface area contributed by atoms with E-state index in [0.717, 1.165) is 37.5 Å². The van der Waals surface area contributed by atoms with E-state index in [9.17, 15) is 9.18 Å². The molecule has 0 bridgehead atoms. The van der Waals surface area contributed by atoms with Gasteiger partial charge in [-0.05, 0) is 37.3 Å². The van der Waals surface area contributed by atoms with Crippen LogP contribution in [0.2, 0.25) is 0 Å². The number of likely N-dealkylation sites (tertiary alicyclic amines) is 1. The maximum absolute atomic E-state index is 14.2. The quantitative estimate of drug-likeness (QED) is 0.299. The molecule has 1 heterocycles. The fourth-order valence-electron chi connectivity index (χ4n) is 3.80. The topological polar surface area (TPSA) is 53.9 Å². The van der Waals surface area contributed by atoms with Crippen LogP contribution in [0.1, 0.15) is 32.3 Å². The normalized spacial score (nSPS) is 23.6. The molecule has 1 aromatic rings. The van der Waals surface area contributed by atoms with Gasteiger partial charge in [0.05, 0.1) is 19.6 Å². The summed E-state index contributed by atoms with van der Waals surface area (Å²) >= 11 is 0. The molecule has 27 heavy (non-hydrogen) atoms. The fraction of sp³-hybridized carbons (Fsp3) is 0.600. The third-order valence-corrected chi connectivity index (χ3v) is 5.58. The van der Waals surface area contributed by atoms with E-state index >= 15 is 0 Å². The van der Waals surface area contributed by atoms with Gasteiger partial charge in [-0.1, -0.05) is 25.1 Å². The van der Waals surface area contributed by atoms with Gasteiger partial charge in [-0.3, -0.25) is 9.79 Å². The van der Waals surface area contributed by atoms with Crippen LogP contribution in [-0.2, 0) is 14.9 Å². The minimum Gasteiger partial charge on any atom is -0.469 e. The molecule has 3 rings (SSSR count). The maximum Gasteiger partial charge on any atom is 0.310 e. The first-order chi connectivity index (χ1) is 12.5. The van der Waals surface area contributed by atoms with E-state index in [1.54, 1.807) is 6.07 Å². The zero-order chi connectivity index (χ0) is 18.7. The summed E-state index contributed by atoms with van der Waals surface area (Å²) in [5.74, 6) is 0.568. The van der Waals surface area contributed by atoms with Gasteiger partial charge in [-0.25, -0.2) is 4.39 Å². The Morgan fingerprint density at radius 2 is 2.07 bits per heavy atom. The lowest BCUT2D eigenvalue weighted by atomic mass is 9.95. The minimum atomic E-state index is -0.181. The Labute approximate surface area is 177 Å². The monoisotopic (exact) mass is 489 g/mol. The molecule has 2 aliphatic rings. The number of benzene rings is 1. The Balaban J connectivity index is 0.00000261. The Hall–Kier alpha value is -1.38. The van der Waals surface area contributed by atoms with Crippen molar-refractivity contribution in [3.63, 3.8) is 0 Å². The molecule has 0 amide bonds. The van der Waals surface area contributed by atoms with E-state index in [0.29, 0.717) is 13.1 Å². The van der Waals surface area contributed by atoms with Gasteiger partial charge < -0.3 is 15.0 Å². The van der Waals surface area contributed by atoms with Crippen LogP contribution >= 0.6 is 24.0 Å². The Kier molecular flexibility index (Phi) is 7.47. The molecule has 150 valence electrons. The summed E-state index contributed by atoms with van der Waals surface area (Å²) in [4.78, 5) is 18.9. The lowest BCUT2D eigenvalue weighted by Crippen LogP contribution is -2.41. The van der Waals surface area contributed by atoms with Crippen LogP contribution in [0.3, 0.4) is 0 Å². The van der Waals surface area contributed by atoms with E-state index < -0.39 is 0 Å². The standard InChI is InChI=1S/C20H28FN3O2.HI/c1-4-22-19(24-11-14(2)15(12-24)18(25)26-3)23-13-20(9-10-20)16-7-5-6-8-17(16)21;/h5-8,14-15H,4,9-13H2,1-3H3,(H,22,23);1H. The van der Waals surface area contributed by atoms with E-state index in [4.69, 9.17) is 9.73 Å². The van der Waals surface area contributed by atoms with Crippen LogP contribution in [0.4, 0.5) is 4.39 Å². The van der Waals surface area contributed by atoms with E-state index in [2.05, 4.69) is 17.1 Å². The van der Waals surface area contributed by atoms with Gasteiger partial charge in [-0.2, -0.15) is 0 Å². The molecule has 1 aromatic carbocycles. The molecule has 0 spiro atoms. The molecule has 1 saturated heterocycles. The number of nitrogens with zero attached hydrogens (tertiary/aromatic N) is 2. The maximum atomic E-state index is 14.2. The Morgan fingerprint density at radius 3 is 2.67 bits per heavy atom. The zero-order valence-corrected chi connectivity index (χ0v) is 18.5. The number of aliphatic imine (C=N–C) groups is 1. The first-order valence-corrected chi connectivity index (χ1v) is 9.37. The predicted molar refractivity (Wildman–Crippen MR) is 115 cm³/mol. The van der Waals surface area contributed by atoms with E-state index in [1.165, 1.54) is 13.2 Å². The highest BCUT2D eigenvalue weighted by Gasteiger charge is 2.46. The number of nitrogens with one attached hydrogen (secondary N) is 1. The van der Waals surface area contributed by atoms with Gasteiger partial charge in [0.1, 0.15) is 5.82 Å². The first-order valence-electron chi connectivity index (χ1n) is 9.37. The number of carbonyl (C=O) groups is 1. The molecular formula is C20H29FIN3O2. The molecule has 1 saturated carbocycles. The second kappa shape index (κ2) is 9.21. The van der Waals surface area contributed by atoms with Crippen LogP contribution in [0.15, 0.2) is 29.3 Å². The summed E-state index contributed by atoms with van der Waals surface area (Å²) in [5, 5.41) is 3.32. The number of carbonyl (C=O) groups excluding carboxylic acids is 1. The second-order valence-corrected chi connectivity index (χ2v) is 7.44. The molecule has 2 fully saturated rings. The first kappa shape index (κ1) is 21.9. The number of rotatable bonds is 5. The molecular weight excluding hydrogens is 460 g/mol. The fourth-order valence-corrected chi connectivity index (χ4v) is 3.80. The summed E-state index contributed by atoms with van der Waals surface area (Å²) in [6, 6.07) is 7.00. The SMILES string of the molecule is CCNC(=NCC1(c2ccccc2F)CC1)N1CC(C)C(C(=O)OC)C1.I. The van der Waals surface area contributed by atoms with Crippen molar-refractivity contribution in [3.8, 4) is 0 Å². The van der Waals surface area contributed by atoms with Gasteiger partial charge in [0, 0.05) is 25.0 Å². The summed E-state index contributed by atoms with van der Waals surface area (Å²) in [6.07, 6.45) is 1.91. The minimum absolute atomic E-state index is 0. The van der Waals surface area contributed by atoms with Crippen molar-refractivity contribution in [1.29, 1.82) is 0 Å². The highest BCUT2D eigenvalue weighted by atomic mass is 127. The number of ether oxygens (including phenoxy) is 1. The molecule has 1 aliphatic heterocycles. The van der Waals surface area contributed by atoms with Crippen molar-refractivity contribution in [2.45, 2.75) is 32.1 Å². The number of halogens is 2. The molecule has 1 aliphatic carbocycles. The summed E-state index contributed by atoms with van der Waals surface area (Å²) < 4.78 is 19.1. The van der Waals surface area contributed by atoms with Gasteiger partial charge in [0.25, 0.3) is 0 Å². The smallest absolute Gasteiger partial charge is 0.310 e. The number of guanidine groups is 1. The van der Waals surface area contributed by atoms with E-state index in [1.807, 2.05) is 19.1 Å². The van der Waals surface area contributed by atoms with Crippen molar-refractivity contribution >= 4 is 35.9 Å². The van der Waals surface area contributed by atoms with Crippen LogP contribution in [0.25, 0.3) is 0 Å². The molecule has 7 heteroatoms. The molecule has 1 N–H and O–H groups in total. The van der Waals surface area contributed by atoms with Crippen LogP contribution < -0.4 is 5.32 Å². The Bertz CT molecular complexity index is 694. The molecule has 0 aromatic heterocycles. The molecule has 2 unspecified atom stereocenters. The van der Waals surface area contributed by atoms with Crippen LogP contribution in [0.5, 0.6) is 0 Å². The van der Waals surface area contributed by atoms with E-state index in [-0.39, 0.29) is 53.0 Å². The van der Waals surface area contributed by atoms with Gasteiger partial charge in [0.2, 0.25) is 0 Å². The van der Waals surface area contributed by atoms with Crippen molar-refractivity contribution < 1.29 is 13.9 Å². The lowest BCUT2D eigenvalue weighted by molar-refractivity contribution is -0.145. The lowest BCUT2D eigenvalue weighted by Gasteiger charge is -2.23. The molecule has 0 radical (unpaired) electrons. The summed E-state index contributed by atoms with van der Waals surface area (Å²) in [6.45, 7) is 6.76. The highest BCUT2D eigenvalue weighted by molar-refractivity contribution is 14.0. The van der Waals surface area contributed by atoms with Gasteiger partial charge >= 0.3 is 5.97 Å².